The van der Waals surface area contributed by atoms with E-state index in [9.17, 15) is 4.79 Å². The Morgan fingerprint density at radius 1 is 1.22 bits per heavy atom. The zero-order valence-electron chi connectivity index (χ0n) is 11.4. The smallest absolute Gasteiger partial charge is 0.170 e. The van der Waals surface area contributed by atoms with Crippen LogP contribution in [0.3, 0.4) is 0 Å². The highest BCUT2D eigenvalue weighted by molar-refractivity contribution is 6.01. The van der Waals surface area contributed by atoms with Gasteiger partial charge in [-0.3, -0.25) is 4.79 Å². The summed E-state index contributed by atoms with van der Waals surface area (Å²) in [4.78, 5) is 12.5. The summed E-state index contributed by atoms with van der Waals surface area (Å²) in [5.74, 6) is 1.23. The number of carbonyl (C=O) groups excluding carboxylic acids is 1. The van der Waals surface area contributed by atoms with Crippen LogP contribution in [-0.4, -0.2) is 26.5 Å². The van der Waals surface area contributed by atoms with Gasteiger partial charge >= 0.3 is 0 Å². The Morgan fingerprint density at radius 2 is 1.72 bits per heavy atom. The van der Waals surface area contributed by atoms with Crippen molar-refractivity contribution in [3.63, 3.8) is 0 Å². The number of methoxy groups -OCH3 is 2. The van der Waals surface area contributed by atoms with Gasteiger partial charge in [-0.2, -0.15) is 0 Å². The number of rotatable bonds is 6. The van der Waals surface area contributed by atoms with Crippen LogP contribution >= 0.6 is 0 Å². The molecule has 0 amide bonds. The lowest BCUT2D eigenvalue weighted by Crippen LogP contribution is -2.35. The van der Waals surface area contributed by atoms with Crippen LogP contribution in [0.4, 0.5) is 0 Å². The summed E-state index contributed by atoms with van der Waals surface area (Å²) >= 11 is 0. The topological polar surface area (TPSA) is 61.6 Å². The van der Waals surface area contributed by atoms with Gasteiger partial charge in [-0.15, -0.1) is 0 Å². The Bertz CT molecular complexity index is 403. The van der Waals surface area contributed by atoms with E-state index in [1.807, 2.05) is 13.8 Å². The normalized spacial score (nSPS) is 13.8. The molecular weight excluding hydrogens is 230 g/mol. The van der Waals surface area contributed by atoms with Gasteiger partial charge in [0.15, 0.2) is 5.78 Å². The highest BCUT2D eigenvalue weighted by Crippen LogP contribution is 2.29. The third kappa shape index (κ3) is 2.82. The van der Waals surface area contributed by atoms with E-state index >= 15 is 0 Å². The van der Waals surface area contributed by atoms with E-state index < -0.39 is 5.41 Å². The molecule has 1 unspecified atom stereocenters. The van der Waals surface area contributed by atoms with E-state index in [1.54, 1.807) is 32.4 Å². The fourth-order valence-electron chi connectivity index (χ4n) is 1.68. The number of ether oxygens (including phenoxy) is 2. The molecule has 0 bridgehead atoms. The fourth-order valence-corrected chi connectivity index (χ4v) is 1.68. The van der Waals surface area contributed by atoms with Gasteiger partial charge in [0.1, 0.15) is 11.5 Å². The van der Waals surface area contributed by atoms with Crippen LogP contribution in [0.1, 0.15) is 30.6 Å². The average Bonchev–Trinajstić information content (AvgIpc) is 2.44. The van der Waals surface area contributed by atoms with Gasteiger partial charge in [0, 0.05) is 23.6 Å². The first kappa shape index (κ1) is 14.5. The molecule has 1 aromatic carbocycles. The Labute approximate surface area is 108 Å². The zero-order valence-corrected chi connectivity index (χ0v) is 11.4. The maximum absolute atomic E-state index is 12.5. The number of ketones is 1. The van der Waals surface area contributed by atoms with Crippen LogP contribution in [0, 0.1) is 5.41 Å². The van der Waals surface area contributed by atoms with Gasteiger partial charge in [0.25, 0.3) is 0 Å². The summed E-state index contributed by atoms with van der Waals surface area (Å²) < 4.78 is 10.3. The molecule has 1 rings (SSSR count). The molecule has 0 fully saturated rings. The number of carbonyl (C=O) groups is 1. The van der Waals surface area contributed by atoms with E-state index in [1.165, 1.54) is 0 Å². The molecule has 0 spiro atoms. The Kier molecular flexibility index (Phi) is 4.73. The van der Waals surface area contributed by atoms with Crippen molar-refractivity contribution >= 4 is 5.78 Å². The average molecular weight is 251 g/mol. The standard InChI is InChI=1S/C14H21NO3/c1-5-14(2,9-15)13(16)10-6-11(17-3)8-12(7-10)18-4/h6-8H,5,9,15H2,1-4H3. The molecule has 4 nitrogen and oxygen atoms in total. The molecule has 18 heavy (non-hydrogen) atoms. The van der Waals surface area contributed by atoms with E-state index in [2.05, 4.69) is 0 Å². The van der Waals surface area contributed by atoms with Crippen LogP contribution < -0.4 is 15.2 Å². The molecular formula is C14H21NO3. The summed E-state index contributed by atoms with van der Waals surface area (Å²) in [6.45, 7) is 4.16. The fraction of sp³-hybridized carbons (Fsp3) is 0.500. The molecule has 0 aliphatic carbocycles. The quantitative estimate of drug-likeness (QED) is 0.788. The Balaban J connectivity index is 3.19. The molecule has 0 aliphatic rings. The molecule has 0 saturated carbocycles. The third-order valence-electron chi connectivity index (χ3n) is 3.39. The van der Waals surface area contributed by atoms with E-state index in [4.69, 9.17) is 15.2 Å². The van der Waals surface area contributed by atoms with Crippen LogP contribution in [0.25, 0.3) is 0 Å². The first-order chi connectivity index (χ1) is 8.50. The van der Waals surface area contributed by atoms with Gasteiger partial charge in [-0.1, -0.05) is 13.8 Å². The van der Waals surface area contributed by atoms with E-state index in [-0.39, 0.29) is 5.78 Å². The summed E-state index contributed by atoms with van der Waals surface area (Å²) in [6, 6.07) is 5.17. The number of hydrogen-bond acceptors (Lipinski definition) is 4. The minimum atomic E-state index is -0.544. The van der Waals surface area contributed by atoms with Crippen molar-refractivity contribution < 1.29 is 14.3 Å². The highest BCUT2D eigenvalue weighted by atomic mass is 16.5. The predicted molar refractivity (Wildman–Crippen MR) is 71.3 cm³/mol. The van der Waals surface area contributed by atoms with Crippen molar-refractivity contribution in [1.29, 1.82) is 0 Å². The summed E-state index contributed by atoms with van der Waals surface area (Å²) in [6.07, 6.45) is 0.696. The molecule has 1 atom stereocenters. The molecule has 0 heterocycles. The molecule has 0 saturated heterocycles. The van der Waals surface area contributed by atoms with Crippen molar-refractivity contribution in [2.75, 3.05) is 20.8 Å². The molecule has 0 aliphatic heterocycles. The molecule has 4 heteroatoms. The number of hydrogen-bond donors (Lipinski definition) is 1. The number of benzene rings is 1. The molecule has 100 valence electrons. The SMILES string of the molecule is CCC(C)(CN)C(=O)c1cc(OC)cc(OC)c1. The first-order valence-corrected chi connectivity index (χ1v) is 5.98. The lowest BCUT2D eigenvalue weighted by Gasteiger charge is -2.25. The zero-order chi connectivity index (χ0) is 13.8. The minimum Gasteiger partial charge on any atom is -0.497 e. The Morgan fingerprint density at radius 3 is 2.06 bits per heavy atom. The molecule has 0 aromatic heterocycles. The van der Waals surface area contributed by atoms with Crippen LogP contribution in [0.5, 0.6) is 11.5 Å². The second-order valence-corrected chi connectivity index (χ2v) is 4.55. The van der Waals surface area contributed by atoms with Crippen molar-refractivity contribution in [2.45, 2.75) is 20.3 Å². The van der Waals surface area contributed by atoms with Gasteiger partial charge in [-0.05, 0) is 18.6 Å². The summed E-state index contributed by atoms with van der Waals surface area (Å²) in [5, 5.41) is 0. The molecule has 2 N–H and O–H groups in total. The molecule has 1 aromatic rings. The van der Waals surface area contributed by atoms with Crippen molar-refractivity contribution in [2.24, 2.45) is 11.1 Å². The van der Waals surface area contributed by atoms with E-state index in [0.717, 1.165) is 0 Å². The highest BCUT2D eigenvalue weighted by Gasteiger charge is 2.31. The lowest BCUT2D eigenvalue weighted by atomic mass is 9.80. The second kappa shape index (κ2) is 5.87. The van der Waals surface area contributed by atoms with E-state index in [0.29, 0.717) is 30.0 Å². The summed E-state index contributed by atoms with van der Waals surface area (Å²) in [5.41, 5.74) is 5.74. The van der Waals surface area contributed by atoms with Crippen LogP contribution in [0.15, 0.2) is 18.2 Å². The van der Waals surface area contributed by atoms with Gasteiger partial charge in [0.05, 0.1) is 14.2 Å². The van der Waals surface area contributed by atoms with Gasteiger partial charge in [0.2, 0.25) is 0 Å². The van der Waals surface area contributed by atoms with Crippen LogP contribution in [0.2, 0.25) is 0 Å². The number of Topliss-reactive ketones (excluding diaryl/α,β-unsaturated/α-hetero) is 1. The third-order valence-corrected chi connectivity index (χ3v) is 3.39. The maximum Gasteiger partial charge on any atom is 0.170 e. The largest absolute Gasteiger partial charge is 0.497 e. The second-order valence-electron chi connectivity index (χ2n) is 4.55. The Hall–Kier alpha value is -1.55. The summed E-state index contributed by atoms with van der Waals surface area (Å²) in [7, 11) is 3.12. The van der Waals surface area contributed by atoms with Gasteiger partial charge < -0.3 is 15.2 Å². The van der Waals surface area contributed by atoms with Crippen molar-refractivity contribution in [3.05, 3.63) is 23.8 Å². The van der Waals surface area contributed by atoms with Crippen molar-refractivity contribution in [1.82, 2.24) is 0 Å². The molecule has 0 radical (unpaired) electrons. The van der Waals surface area contributed by atoms with Crippen molar-refractivity contribution in [3.8, 4) is 11.5 Å². The predicted octanol–water partition coefficient (Wildman–Crippen LogP) is 2.26. The lowest BCUT2D eigenvalue weighted by molar-refractivity contribution is 0.0819. The van der Waals surface area contributed by atoms with Crippen LogP contribution in [-0.2, 0) is 0 Å². The maximum atomic E-state index is 12.5. The van der Waals surface area contributed by atoms with Gasteiger partial charge in [-0.25, -0.2) is 0 Å². The number of nitrogens with two attached hydrogens (primary N) is 1. The minimum absolute atomic E-state index is 0.0182. The first-order valence-electron chi connectivity index (χ1n) is 5.98. The monoisotopic (exact) mass is 251 g/mol.